The second-order valence-corrected chi connectivity index (χ2v) is 6.59. The minimum atomic E-state index is -0.382. The van der Waals surface area contributed by atoms with Crippen LogP contribution < -0.4 is 0 Å². The average molecular weight is 339 g/mol. The Balaban J connectivity index is 1.95. The summed E-state index contributed by atoms with van der Waals surface area (Å²) in [5.74, 6) is -0.450. The molecule has 1 nitrogen and oxygen atoms in total. The van der Waals surface area contributed by atoms with Crippen molar-refractivity contribution in [3.63, 3.8) is 0 Å². The second-order valence-electron chi connectivity index (χ2n) is 4.74. The summed E-state index contributed by atoms with van der Waals surface area (Å²) in [6.07, 6.45) is 2.95. The number of hydrogen-bond donors (Lipinski definition) is 0. The summed E-state index contributed by atoms with van der Waals surface area (Å²) in [5.41, 5.74) is 1.61. The molecular formula is C15H12BrFOS. The number of rotatable bonds is 2. The maximum atomic E-state index is 13.5. The van der Waals surface area contributed by atoms with Crippen molar-refractivity contribution in [3.8, 4) is 0 Å². The number of carbonyl (C=O) groups is 1. The number of thiophene rings is 1. The van der Waals surface area contributed by atoms with E-state index in [9.17, 15) is 9.18 Å². The van der Waals surface area contributed by atoms with Crippen molar-refractivity contribution in [2.24, 2.45) is 0 Å². The summed E-state index contributed by atoms with van der Waals surface area (Å²) in [5, 5.41) is 2.04. The first-order valence-electron chi connectivity index (χ1n) is 6.22. The van der Waals surface area contributed by atoms with E-state index < -0.39 is 0 Å². The fourth-order valence-electron chi connectivity index (χ4n) is 2.61. The van der Waals surface area contributed by atoms with Crippen LogP contribution in [0.5, 0.6) is 0 Å². The summed E-state index contributed by atoms with van der Waals surface area (Å²) in [4.78, 5) is 13.9. The van der Waals surface area contributed by atoms with Crippen molar-refractivity contribution in [3.05, 3.63) is 55.9 Å². The SMILES string of the molecule is O=C(c1ccc(Br)c(F)c1)C1CCCc2sccc21. The van der Waals surface area contributed by atoms with Crippen LogP contribution in [0.3, 0.4) is 0 Å². The first kappa shape index (κ1) is 13.0. The van der Waals surface area contributed by atoms with Crippen molar-refractivity contribution >= 4 is 33.0 Å². The smallest absolute Gasteiger partial charge is 0.170 e. The summed E-state index contributed by atoms with van der Waals surface area (Å²) in [7, 11) is 0. The quantitative estimate of drug-likeness (QED) is 0.708. The van der Waals surface area contributed by atoms with Gasteiger partial charge in [-0.2, -0.15) is 0 Å². The Morgan fingerprint density at radius 2 is 2.21 bits per heavy atom. The van der Waals surface area contributed by atoms with Crippen LogP contribution in [0.25, 0.3) is 0 Å². The molecule has 0 spiro atoms. The van der Waals surface area contributed by atoms with Gasteiger partial charge in [-0.1, -0.05) is 6.07 Å². The number of carbonyl (C=O) groups excluding carboxylic acids is 1. The molecular weight excluding hydrogens is 327 g/mol. The molecule has 0 N–H and O–H groups in total. The predicted molar refractivity (Wildman–Crippen MR) is 78.4 cm³/mol. The van der Waals surface area contributed by atoms with Crippen molar-refractivity contribution < 1.29 is 9.18 Å². The Hall–Kier alpha value is -1.00. The zero-order valence-electron chi connectivity index (χ0n) is 10.2. The molecule has 3 rings (SSSR count). The van der Waals surface area contributed by atoms with Crippen LogP contribution in [0.1, 0.15) is 39.6 Å². The molecule has 0 aliphatic heterocycles. The van der Waals surface area contributed by atoms with Gasteiger partial charge in [-0.25, -0.2) is 4.39 Å². The van der Waals surface area contributed by atoms with E-state index in [-0.39, 0.29) is 17.5 Å². The van der Waals surface area contributed by atoms with Crippen LogP contribution in [0.4, 0.5) is 4.39 Å². The normalized spacial score (nSPS) is 18.1. The van der Waals surface area contributed by atoms with Gasteiger partial charge in [0.15, 0.2) is 5.78 Å². The molecule has 4 heteroatoms. The maximum Gasteiger partial charge on any atom is 0.170 e. The summed E-state index contributed by atoms with van der Waals surface area (Å²) >= 11 is 4.82. The highest BCUT2D eigenvalue weighted by Crippen LogP contribution is 2.37. The molecule has 1 aliphatic rings. The largest absolute Gasteiger partial charge is 0.293 e. The molecule has 19 heavy (non-hydrogen) atoms. The van der Waals surface area contributed by atoms with Crippen molar-refractivity contribution in [1.82, 2.24) is 0 Å². The number of hydrogen-bond acceptors (Lipinski definition) is 2. The first-order chi connectivity index (χ1) is 9.16. The van der Waals surface area contributed by atoms with E-state index in [2.05, 4.69) is 15.9 Å². The molecule has 0 saturated carbocycles. The van der Waals surface area contributed by atoms with Crippen molar-refractivity contribution in [2.45, 2.75) is 25.2 Å². The van der Waals surface area contributed by atoms with E-state index in [1.807, 2.05) is 11.4 Å². The van der Waals surface area contributed by atoms with Crippen molar-refractivity contribution in [2.75, 3.05) is 0 Å². The Bertz CT molecular complexity index is 635. The number of fused-ring (bicyclic) bond motifs is 1. The lowest BCUT2D eigenvalue weighted by atomic mass is 9.82. The highest BCUT2D eigenvalue weighted by molar-refractivity contribution is 9.10. The summed E-state index contributed by atoms with van der Waals surface area (Å²) in [6, 6.07) is 6.65. The van der Waals surface area contributed by atoms with Gasteiger partial charge < -0.3 is 0 Å². The van der Waals surface area contributed by atoms with E-state index in [1.54, 1.807) is 23.5 Å². The monoisotopic (exact) mass is 338 g/mol. The lowest BCUT2D eigenvalue weighted by Gasteiger charge is -2.21. The van der Waals surface area contributed by atoms with E-state index in [0.29, 0.717) is 10.0 Å². The van der Waals surface area contributed by atoms with Gasteiger partial charge in [0.2, 0.25) is 0 Å². The van der Waals surface area contributed by atoms with E-state index in [1.165, 1.54) is 10.9 Å². The lowest BCUT2D eigenvalue weighted by Crippen LogP contribution is -2.17. The number of benzene rings is 1. The molecule has 0 fully saturated rings. The van der Waals surface area contributed by atoms with E-state index in [0.717, 1.165) is 24.8 Å². The van der Waals surface area contributed by atoms with Crippen molar-refractivity contribution in [1.29, 1.82) is 0 Å². The molecule has 1 aromatic heterocycles. The zero-order chi connectivity index (χ0) is 13.4. The highest BCUT2D eigenvalue weighted by atomic mass is 79.9. The minimum Gasteiger partial charge on any atom is -0.293 e. The molecule has 2 aromatic rings. The molecule has 0 amide bonds. The molecule has 0 saturated heterocycles. The molecule has 0 radical (unpaired) electrons. The Labute approximate surface area is 123 Å². The topological polar surface area (TPSA) is 17.1 Å². The third-order valence-corrected chi connectivity index (χ3v) is 5.21. The Morgan fingerprint density at radius 3 is 3.00 bits per heavy atom. The molecule has 0 bridgehead atoms. The van der Waals surface area contributed by atoms with Gasteiger partial charge in [-0.05, 0) is 64.3 Å². The standard InChI is InChI=1S/C15H12BrFOS/c16-12-5-4-9(8-13(12)17)15(18)11-2-1-3-14-10(11)6-7-19-14/h4-8,11H,1-3H2. The molecule has 1 aromatic carbocycles. The first-order valence-corrected chi connectivity index (χ1v) is 7.89. The Kier molecular flexibility index (Phi) is 3.54. The fourth-order valence-corrected chi connectivity index (χ4v) is 3.84. The molecule has 1 atom stereocenters. The molecule has 1 aliphatic carbocycles. The van der Waals surface area contributed by atoms with Gasteiger partial charge in [0, 0.05) is 16.4 Å². The van der Waals surface area contributed by atoms with E-state index >= 15 is 0 Å². The molecule has 98 valence electrons. The summed E-state index contributed by atoms with van der Waals surface area (Å²) < 4.78 is 13.9. The van der Waals surface area contributed by atoms with Gasteiger partial charge in [0.25, 0.3) is 0 Å². The van der Waals surface area contributed by atoms with Gasteiger partial charge in [-0.15, -0.1) is 11.3 Å². The number of ketones is 1. The van der Waals surface area contributed by atoms with E-state index in [4.69, 9.17) is 0 Å². The van der Waals surface area contributed by atoms with Gasteiger partial charge >= 0.3 is 0 Å². The van der Waals surface area contributed by atoms with Gasteiger partial charge in [-0.3, -0.25) is 4.79 Å². The second kappa shape index (κ2) is 5.17. The minimum absolute atomic E-state index is 0.0331. The van der Waals surface area contributed by atoms with Crippen LogP contribution in [0.2, 0.25) is 0 Å². The third kappa shape index (κ3) is 2.39. The zero-order valence-corrected chi connectivity index (χ0v) is 12.6. The third-order valence-electron chi connectivity index (χ3n) is 3.57. The number of Topliss-reactive ketones (excluding diaryl/α,β-unsaturated/α-hetero) is 1. The highest BCUT2D eigenvalue weighted by Gasteiger charge is 2.28. The van der Waals surface area contributed by atoms with Crippen LogP contribution in [0.15, 0.2) is 34.1 Å². The lowest BCUT2D eigenvalue weighted by molar-refractivity contribution is 0.0951. The van der Waals surface area contributed by atoms with Crippen LogP contribution in [-0.4, -0.2) is 5.78 Å². The average Bonchev–Trinajstić information content (AvgIpc) is 2.89. The van der Waals surface area contributed by atoms with Crippen LogP contribution >= 0.6 is 27.3 Å². The Morgan fingerprint density at radius 1 is 1.37 bits per heavy atom. The van der Waals surface area contributed by atoms with Crippen LogP contribution in [0, 0.1) is 5.82 Å². The summed E-state index contributed by atoms with van der Waals surface area (Å²) in [6.45, 7) is 0. The van der Waals surface area contributed by atoms with Gasteiger partial charge in [0.1, 0.15) is 5.82 Å². The number of aryl methyl sites for hydroxylation is 1. The predicted octanol–water partition coefficient (Wildman–Crippen LogP) is 4.95. The number of halogens is 2. The maximum absolute atomic E-state index is 13.5. The van der Waals surface area contributed by atoms with Gasteiger partial charge in [0.05, 0.1) is 4.47 Å². The molecule has 1 unspecified atom stereocenters. The molecule has 1 heterocycles. The van der Waals surface area contributed by atoms with Crippen LogP contribution in [-0.2, 0) is 6.42 Å². The fraction of sp³-hybridized carbons (Fsp3) is 0.267.